The van der Waals surface area contributed by atoms with Crippen molar-refractivity contribution >= 4 is 23.6 Å². The van der Waals surface area contributed by atoms with Crippen molar-refractivity contribution in [2.24, 2.45) is 0 Å². The fourth-order valence-electron chi connectivity index (χ4n) is 1.82. The van der Waals surface area contributed by atoms with Crippen LogP contribution in [0.25, 0.3) is 0 Å². The number of ether oxygens (including phenoxy) is 1. The van der Waals surface area contributed by atoms with Gasteiger partial charge in [-0.2, -0.15) is 0 Å². The number of carbonyl (C=O) groups excluding carboxylic acids is 2. The first-order valence-corrected chi connectivity index (χ1v) is 6.76. The van der Waals surface area contributed by atoms with Crippen LogP contribution < -0.4 is 0 Å². The van der Waals surface area contributed by atoms with E-state index in [1.54, 1.807) is 6.07 Å². The van der Waals surface area contributed by atoms with E-state index >= 15 is 0 Å². The maximum Gasteiger partial charge on any atom is 0.303 e. The molecule has 1 unspecified atom stereocenters. The van der Waals surface area contributed by atoms with Gasteiger partial charge in [0, 0.05) is 12.5 Å². The third-order valence-electron chi connectivity index (χ3n) is 2.76. The fourth-order valence-corrected chi connectivity index (χ4v) is 2.74. The molecule has 0 aliphatic carbocycles. The zero-order valence-corrected chi connectivity index (χ0v) is 11.6. The Bertz CT molecular complexity index is 584. The molecule has 2 aromatic rings. The number of esters is 1. The van der Waals surface area contributed by atoms with Gasteiger partial charge in [0.2, 0.25) is 0 Å². The second-order valence-corrected chi connectivity index (χ2v) is 5.21. The Labute approximate surface area is 115 Å². The number of hydrogen-bond acceptors (Lipinski definition) is 4. The number of carbonyl (C=O) groups is 2. The Kier molecular flexibility index (Phi) is 4.12. The first-order chi connectivity index (χ1) is 9.11. The van der Waals surface area contributed by atoms with E-state index in [4.69, 9.17) is 4.74 Å². The van der Waals surface area contributed by atoms with E-state index in [0.29, 0.717) is 5.56 Å². The summed E-state index contributed by atoms with van der Waals surface area (Å²) in [5, 5.41) is 1.82. The molecule has 4 heteroatoms. The van der Waals surface area contributed by atoms with Crippen molar-refractivity contribution in [1.29, 1.82) is 0 Å². The molecule has 0 aliphatic heterocycles. The molecule has 0 bridgehead atoms. The Morgan fingerprint density at radius 1 is 1.26 bits per heavy atom. The monoisotopic (exact) mass is 274 g/mol. The van der Waals surface area contributed by atoms with Gasteiger partial charge in [-0.3, -0.25) is 9.59 Å². The summed E-state index contributed by atoms with van der Waals surface area (Å²) in [6.07, 6.45) is 0.273. The average molecular weight is 274 g/mol. The normalized spacial score (nSPS) is 11.9. The lowest BCUT2D eigenvalue weighted by Crippen LogP contribution is -2.10. The lowest BCUT2D eigenvalue weighted by molar-refractivity contribution is -0.144. The molecular formula is C15H14O3S. The highest BCUT2D eigenvalue weighted by Gasteiger charge is 2.21. The molecule has 2 rings (SSSR count). The Morgan fingerprint density at radius 2 is 1.95 bits per heavy atom. The second-order valence-electron chi connectivity index (χ2n) is 4.26. The largest absolute Gasteiger partial charge is 0.452 e. The molecular weight excluding hydrogens is 260 g/mol. The number of thiophene rings is 1. The van der Waals surface area contributed by atoms with Crippen LogP contribution in [0.5, 0.6) is 0 Å². The summed E-state index contributed by atoms with van der Waals surface area (Å²) >= 11 is 1.41. The van der Waals surface area contributed by atoms with E-state index in [2.05, 4.69) is 0 Å². The number of aldehydes is 1. The number of hydrogen-bond donors (Lipinski definition) is 0. The third kappa shape index (κ3) is 3.09. The van der Waals surface area contributed by atoms with Gasteiger partial charge in [-0.05, 0) is 23.9 Å². The van der Waals surface area contributed by atoms with Gasteiger partial charge >= 0.3 is 5.97 Å². The highest BCUT2D eigenvalue weighted by Crippen LogP contribution is 2.32. The lowest BCUT2D eigenvalue weighted by Gasteiger charge is -2.17. The van der Waals surface area contributed by atoms with E-state index in [9.17, 15) is 9.59 Å². The fraction of sp³-hybridized carbons (Fsp3) is 0.200. The lowest BCUT2D eigenvalue weighted by atomic mass is 10.0. The second kappa shape index (κ2) is 5.80. The topological polar surface area (TPSA) is 43.4 Å². The maximum absolute atomic E-state index is 11.3. The van der Waals surface area contributed by atoms with Gasteiger partial charge < -0.3 is 4.74 Å². The number of rotatable bonds is 4. The van der Waals surface area contributed by atoms with Crippen LogP contribution in [0.2, 0.25) is 0 Å². The number of aryl methyl sites for hydroxylation is 1. The average Bonchev–Trinajstić information content (AvgIpc) is 2.85. The zero-order valence-electron chi connectivity index (χ0n) is 10.8. The van der Waals surface area contributed by atoms with E-state index in [1.807, 2.05) is 36.6 Å². The first kappa shape index (κ1) is 13.5. The van der Waals surface area contributed by atoms with Crippen molar-refractivity contribution in [3.8, 4) is 0 Å². The van der Waals surface area contributed by atoms with Gasteiger partial charge in [0.15, 0.2) is 12.4 Å². The standard InChI is InChI=1S/C15H14O3S/c1-10-3-5-12(6-4-10)14(18-11(2)17)15-13(9-16)7-8-19-15/h3-9,14H,1-2H3. The van der Waals surface area contributed by atoms with Crippen LogP contribution >= 0.6 is 11.3 Å². The Hall–Kier alpha value is -1.94. The van der Waals surface area contributed by atoms with Gasteiger partial charge in [-0.1, -0.05) is 29.8 Å². The molecule has 0 spiro atoms. The SMILES string of the molecule is CC(=O)OC(c1ccc(C)cc1)c1sccc1C=O. The minimum atomic E-state index is -0.515. The molecule has 3 nitrogen and oxygen atoms in total. The molecule has 0 saturated carbocycles. The van der Waals surface area contributed by atoms with Crippen molar-refractivity contribution in [3.63, 3.8) is 0 Å². The molecule has 0 N–H and O–H groups in total. The summed E-state index contributed by atoms with van der Waals surface area (Å²) < 4.78 is 5.38. The quantitative estimate of drug-likeness (QED) is 0.633. The first-order valence-electron chi connectivity index (χ1n) is 5.88. The van der Waals surface area contributed by atoms with Crippen LogP contribution in [0.3, 0.4) is 0 Å². The molecule has 0 saturated heterocycles. The number of benzene rings is 1. The van der Waals surface area contributed by atoms with Crippen molar-refractivity contribution in [2.45, 2.75) is 20.0 Å². The maximum atomic E-state index is 11.3. The highest BCUT2D eigenvalue weighted by molar-refractivity contribution is 7.10. The van der Waals surface area contributed by atoms with Crippen LogP contribution in [0, 0.1) is 6.92 Å². The molecule has 1 aromatic carbocycles. The van der Waals surface area contributed by atoms with E-state index in [0.717, 1.165) is 22.3 Å². The summed E-state index contributed by atoms with van der Waals surface area (Å²) in [7, 11) is 0. The van der Waals surface area contributed by atoms with Crippen LogP contribution in [0.4, 0.5) is 0 Å². The molecule has 0 aliphatic rings. The minimum Gasteiger partial charge on any atom is -0.452 e. The molecule has 19 heavy (non-hydrogen) atoms. The van der Waals surface area contributed by atoms with Gasteiger partial charge in [0.05, 0.1) is 4.88 Å². The van der Waals surface area contributed by atoms with Crippen LogP contribution in [-0.4, -0.2) is 12.3 Å². The summed E-state index contributed by atoms with van der Waals surface area (Å²) in [6.45, 7) is 3.36. The summed E-state index contributed by atoms with van der Waals surface area (Å²) in [4.78, 5) is 23.1. The molecule has 1 aromatic heterocycles. The minimum absolute atomic E-state index is 0.365. The smallest absolute Gasteiger partial charge is 0.303 e. The van der Waals surface area contributed by atoms with E-state index in [-0.39, 0.29) is 5.97 Å². The third-order valence-corrected chi connectivity index (χ3v) is 3.73. The molecule has 0 fully saturated rings. The van der Waals surface area contributed by atoms with Crippen molar-refractivity contribution < 1.29 is 14.3 Å². The van der Waals surface area contributed by atoms with Gasteiger partial charge in [0.25, 0.3) is 0 Å². The predicted molar refractivity (Wildman–Crippen MR) is 74.5 cm³/mol. The van der Waals surface area contributed by atoms with E-state index < -0.39 is 6.10 Å². The van der Waals surface area contributed by atoms with E-state index in [1.165, 1.54) is 18.3 Å². The Morgan fingerprint density at radius 3 is 2.53 bits per heavy atom. The van der Waals surface area contributed by atoms with Crippen LogP contribution in [0.1, 0.15) is 39.4 Å². The van der Waals surface area contributed by atoms with Crippen LogP contribution in [-0.2, 0) is 9.53 Å². The van der Waals surface area contributed by atoms with Crippen molar-refractivity contribution in [1.82, 2.24) is 0 Å². The summed E-state index contributed by atoms with van der Waals surface area (Å²) in [5.74, 6) is -0.365. The molecule has 1 heterocycles. The highest BCUT2D eigenvalue weighted by atomic mass is 32.1. The van der Waals surface area contributed by atoms with Gasteiger partial charge in [-0.15, -0.1) is 11.3 Å². The zero-order chi connectivity index (χ0) is 13.8. The van der Waals surface area contributed by atoms with Gasteiger partial charge in [-0.25, -0.2) is 0 Å². The predicted octanol–water partition coefficient (Wildman–Crippen LogP) is 3.52. The van der Waals surface area contributed by atoms with Crippen molar-refractivity contribution in [2.75, 3.05) is 0 Å². The Balaban J connectivity index is 2.43. The molecule has 98 valence electrons. The molecule has 1 atom stereocenters. The molecule has 0 amide bonds. The summed E-state index contributed by atoms with van der Waals surface area (Å²) in [6, 6.07) is 9.48. The van der Waals surface area contributed by atoms with Crippen LogP contribution in [0.15, 0.2) is 35.7 Å². The van der Waals surface area contributed by atoms with Crippen molar-refractivity contribution in [3.05, 3.63) is 57.3 Å². The van der Waals surface area contributed by atoms with Gasteiger partial charge in [0.1, 0.15) is 0 Å². The molecule has 0 radical (unpaired) electrons. The summed E-state index contributed by atoms with van der Waals surface area (Å²) in [5.41, 5.74) is 2.57.